The smallest absolute Gasteiger partial charge is 0.348 e. The number of likely N-dealkylation sites (tertiary alicyclic amines) is 1. The van der Waals surface area contributed by atoms with Crippen molar-refractivity contribution in [1.82, 2.24) is 20.0 Å². The molecule has 0 saturated carbocycles. The SMILES string of the molecule is Cc1ccc(-n2ncc(C(=O)NCc3ccc(CN4CCCCC4)cc3)c2C(F)(F)F)cc1. The number of benzene rings is 2. The van der Waals surface area contributed by atoms with Gasteiger partial charge in [0.2, 0.25) is 0 Å². The van der Waals surface area contributed by atoms with Crippen LogP contribution in [0.2, 0.25) is 0 Å². The van der Waals surface area contributed by atoms with Gasteiger partial charge in [-0.05, 0) is 56.1 Å². The van der Waals surface area contributed by atoms with Gasteiger partial charge in [0.25, 0.3) is 5.91 Å². The number of hydrogen-bond donors (Lipinski definition) is 1. The van der Waals surface area contributed by atoms with Crippen LogP contribution in [0.25, 0.3) is 5.69 Å². The number of aromatic nitrogens is 2. The van der Waals surface area contributed by atoms with E-state index in [2.05, 4.69) is 15.3 Å². The quantitative estimate of drug-likeness (QED) is 0.561. The molecule has 1 amide bonds. The average Bonchev–Trinajstić information content (AvgIpc) is 3.26. The minimum Gasteiger partial charge on any atom is -0.348 e. The molecule has 174 valence electrons. The van der Waals surface area contributed by atoms with Crippen molar-refractivity contribution in [2.75, 3.05) is 13.1 Å². The first-order valence-corrected chi connectivity index (χ1v) is 11.1. The summed E-state index contributed by atoms with van der Waals surface area (Å²) >= 11 is 0. The van der Waals surface area contributed by atoms with Crippen LogP contribution in [0, 0.1) is 6.92 Å². The summed E-state index contributed by atoms with van der Waals surface area (Å²) in [6.45, 7) is 5.08. The van der Waals surface area contributed by atoms with Crippen molar-refractivity contribution in [2.24, 2.45) is 0 Å². The molecule has 1 fully saturated rings. The second-order valence-electron chi connectivity index (χ2n) is 8.49. The van der Waals surface area contributed by atoms with E-state index in [1.54, 1.807) is 24.3 Å². The molecular formula is C25H27F3N4O. The molecule has 0 aliphatic carbocycles. The molecule has 4 rings (SSSR count). The third kappa shape index (κ3) is 5.63. The van der Waals surface area contributed by atoms with Gasteiger partial charge < -0.3 is 5.32 Å². The van der Waals surface area contributed by atoms with Crippen molar-refractivity contribution in [3.63, 3.8) is 0 Å². The molecule has 1 aliphatic rings. The van der Waals surface area contributed by atoms with Crippen LogP contribution in [0.3, 0.4) is 0 Å². The number of amides is 1. The number of rotatable bonds is 6. The fourth-order valence-corrected chi connectivity index (χ4v) is 4.08. The lowest BCUT2D eigenvalue weighted by Gasteiger charge is -2.26. The van der Waals surface area contributed by atoms with Crippen LogP contribution in [-0.2, 0) is 19.3 Å². The Balaban J connectivity index is 1.44. The van der Waals surface area contributed by atoms with Gasteiger partial charge in [-0.25, -0.2) is 4.68 Å². The van der Waals surface area contributed by atoms with Crippen molar-refractivity contribution in [1.29, 1.82) is 0 Å². The highest BCUT2D eigenvalue weighted by Crippen LogP contribution is 2.33. The predicted molar refractivity (Wildman–Crippen MR) is 120 cm³/mol. The van der Waals surface area contributed by atoms with Gasteiger partial charge in [-0.3, -0.25) is 9.69 Å². The maximum Gasteiger partial charge on any atom is 0.434 e. The van der Waals surface area contributed by atoms with E-state index >= 15 is 0 Å². The fraction of sp³-hybridized carbons (Fsp3) is 0.360. The lowest BCUT2D eigenvalue weighted by molar-refractivity contribution is -0.143. The summed E-state index contributed by atoms with van der Waals surface area (Å²) < 4.78 is 42.2. The summed E-state index contributed by atoms with van der Waals surface area (Å²) in [7, 11) is 0. The van der Waals surface area contributed by atoms with E-state index in [1.807, 2.05) is 31.2 Å². The van der Waals surface area contributed by atoms with E-state index < -0.39 is 23.3 Å². The van der Waals surface area contributed by atoms with Gasteiger partial charge in [-0.15, -0.1) is 0 Å². The Hall–Kier alpha value is -3.13. The van der Waals surface area contributed by atoms with E-state index in [0.717, 1.165) is 41.6 Å². The zero-order chi connectivity index (χ0) is 23.4. The number of carbonyl (C=O) groups is 1. The van der Waals surface area contributed by atoms with E-state index in [1.165, 1.54) is 24.8 Å². The lowest BCUT2D eigenvalue weighted by atomic mass is 10.1. The first-order chi connectivity index (χ1) is 15.8. The van der Waals surface area contributed by atoms with Crippen molar-refractivity contribution in [3.8, 4) is 5.69 Å². The first kappa shape index (κ1) is 23.0. The maximum atomic E-state index is 13.8. The van der Waals surface area contributed by atoms with Crippen molar-refractivity contribution < 1.29 is 18.0 Å². The molecule has 0 spiro atoms. The highest BCUT2D eigenvalue weighted by Gasteiger charge is 2.40. The van der Waals surface area contributed by atoms with Crippen LogP contribution in [0.15, 0.2) is 54.7 Å². The minimum absolute atomic E-state index is 0.135. The van der Waals surface area contributed by atoms with Crippen LogP contribution in [0.1, 0.15) is 52.0 Å². The summed E-state index contributed by atoms with van der Waals surface area (Å²) in [6.07, 6.45) is -0.0198. The zero-order valence-corrected chi connectivity index (χ0v) is 18.5. The normalized spacial score (nSPS) is 14.9. The summed E-state index contributed by atoms with van der Waals surface area (Å²) in [4.78, 5) is 15.1. The van der Waals surface area contributed by atoms with E-state index in [-0.39, 0.29) is 12.2 Å². The second kappa shape index (κ2) is 9.79. The largest absolute Gasteiger partial charge is 0.434 e. The molecule has 5 nitrogen and oxygen atoms in total. The third-order valence-electron chi connectivity index (χ3n) is 5.89. The minimum atomic E-state index is -4.73. The van der Waals surface area contributed by atoms with Gasteiger partial charge in [-0.2, -0.15) is 18.3 Å². The topological polar surface area (TPSA) is 50.2 Å². The Morgan fingerprint density at radius 2 is 1.61 bits per heavy atom. The van der Waals surface area contributed by atoms with Crippen LogP contribution in [-0.4, -0.2) is 33.7 Å². The molecule has 2 aromatic carbocycles. The van der Waals surface area contributed by atoms with Crippen molar-refractivity contribution >= 4 is 5.91 Å². The summed E-state index contributed by atoms with van der Waals surface area (Å²) in [5, 5.41) is 6.46. The molecule has 33 heavy (non-hydrogen) atoms. The standard InChI is InChI=1S/C25H27F3N4O/c1-18-5-11-21(12-6-18)32-23(25(26,27)28)22(16-30-32)24(33)29-15-19-7-9-20(10-8-19)17-31-13-3-2-4-14-31/h5-12,16H,2-4,13-15,17H2,1H3,(H,29,33). The molecule has 1 aliphatic heterocycles. The Bertz CT molecular complexity index is 1080. The van der Waals surface area contributed by atoms with Crippen LogP contribution in [0.4, 0.5) is 13.2 Å². The van der Waals surface area contributed by atoms with E-state index in [0.29, 0.717) is 0 Å². The van der Waals surface area contributed by atoms with Gasteiger partial charge in [-0.1, -0.05) is 48.4 Å². The number of alkyl halides is 3. The highest BCUT2D eigenvalue weighted by molar-refractivity contribution is 5.95. The Labute approximate surface area is 191 Å². The predicted octanol–water partition coefficient (Wildman–Crippen LogP) is 5.12. The molecule has 0 bridgehead atoms. The maximum absolute atomic E-state index is 13.8. The molecule has 3 aromatic rings. The lowest BCUT2D eigenvalue weighted by Crippen LogP contribution is -2.29. The number of hydrogen-bond acceptors (Lipinski definition) is 3. The molecule has 0 radical (unpaired) electrons. The average molecular weight is 457 g/mol. The van der Waals surface area contributed by atoms with Crippen LogP contribution < -0.4 is 5.32 Å². The van der Waals surface area contributed by atoms with E-state index in [9.17, 15) is 18.0 Å². The number of carbonyl (C=O) groups excluding carboxylic acids is 1. The monoisotopic (exact) mass is 456 g/mol. The Morgan fingerprint density at radius 3 is 2.24 bits per heavy atom. The number of nitrogens with zero attached hydrogens (tertiary/aromatic N) is 3. The molecule has 1 aromatic heterocycles. The Kier molecular flexibility index (Phi) is 6.83. The summed E-state index contributed by atoms with van der Waals surface area (Å²) in [6, 6.07) is 14.3. The van der Waals surface area contributed by atoms with Gasteiger partial charge in [0.15, 0.2) is 5.69 Å². The second-order valence-corrected chi connectivity index (χ2v) is 8.49. The van der Waals surface area contributed by atoms with Crippen molar-refractivity contribution in [3.05, 3.63) is 82.7 Å². The highest BCUT2D eigenvalue weighted by atomic mass is 19.4. The number of nitrogens with one attached hydrogen (secondary N) is 1. The molecule has 0 unspecified atom stereocenters. The van der Waals surface area contributed by atoms with Crippen LogP contribution in [0.5, 0.6) is 0 Å². The molecule has 0 atom stereocenters. The molecule has 2 heterocycles. The van der Waals surface area contributed by atoms with Gasteiger partial charge in [0, 0.05) is 13.1 Å². The summed E-state index contributed by atoms with van der Waals surface area (Å²) in [5.74, 6) is -0.807. The molecule has 8 heteroatoms. The van der Waals surface area contributed by atoms with E-state index in [4.69, 9.17) is 0 Å². The molecule has 1 N–H and O–H groups in total. The van der Waals surface area contributed by atoms with Gasteiger partial charge in [0.05, 0.1) is 17.4 Å². The number of piperidine rings is 1. The van der Waals surface area contributed by atoms with Crippen LogP contribution >= 0.6 is 0 Å². The number of halogens is 3. The van der Waals surface area contributed by atoms with Gasteiger partial charge >= 0.3 is 6.18 Å². The Morgan fingerprint density at radius 1 is 0.970 bits per heavy atom. The van der Waals surface area contributed by atoms with Gasteiger partial charge in [0.1, 0.15) is 0 Å². The molecule has 1 saturated heterocycles. The van der Waals surface area contributed by atoms with Crippen molar-refractivity contribution in [2.45, 2.75) is 45.5 Å². The zero-order valence-electron chi connectivity index (χ0n) is 18.5. The fourth-order valence-electron chi connectivity index (χ4n) is 4.08. The third-order valence-corrected chi connectivity index (χ3v) is 5.89. The first-order valence-electron chi connectivity index (χ1n) is 11.1. The number of aryl methyl sites for hydroxylation is 1. The summed E-state index contributed by atoms with van der Waals surface area (Å²) in [5.41, 5.74) is 1.59. The molecular weight excluding hydrogens is 429 g/mol.